The molecule has 0 saturated carbocycles. The number of carbonyl (C=O) groups excluding carboxylic acids is 1. The number of pyridine rings is 1. The second-order valence-electron chi connectivity index (χ2n) is 4.70. The van der Waals surface area contributed by atoms with Gasteiger partial charge >= 0.3 is 0 Å². The first-order valence-electron chi connectivity index (χ1n) is 6.90. The first-order valence-corrected chi connectivity index (χ1v) is 7.70. The lowest BCUT2D eigenvalue weighted by Crippen LogP contribution is -2.15. The van der Waals surface area contributed by atoms with Gasteiger partial charge in [0.2, 0.25) is 5.91 Å². The molecule has 6 heteroatoms. The Balaban J connectivity index is 1.84. The van der Waals surface area contributed by atoms with Crippen molar-refractivity contribution in [2.45, 2.75) is 6.42 Å². The molecule has 0 bridgehead atoms. The summed E-state index contributed by atoms with van der Waals surface area (Å²) in [5, 5.41) is 5.95. The fourth-order valence-corrected chi connectivity index (χ4v) is 2.11. The maximum atomic E-state index is 12.0. The SMILES string of the molecule is COCCNc1ccc(NC(=O)Cc2ccc(Br)cc2)cn1. The number of amides is 1. The molecule has 0 saturated heterocycles. The van der Waals surface area contributed by atoms with Crippen molar-refractivity contribution in [3.63, 3.8) is 0 Å². The van der Waals surface area contributed by atoms with Crippen LogP contribution in [0, 0.1) is 0 Å². The number of methoxy groups -OCH3 is 1. The third-order valence-electron chi connectivity index (χ3n) is 2.94. The van der Waals surface area contributed by atoms with Crippen molar-refractivity contribution in [2.24, 2.45) is 0 Å². The third-order valence-corrected chi connectivity index (χ3v) is 3.47. The van der Waals surface area contributed by atoms with Crippen molar-refractivity contribution in [3.8, 4) is 0 Å². The summed E-state index contributed by atoms with van der Waals surface area (Å²) in [7, 11) is 1.65. The highest BCUT2D eigenvalue weighted by molar-refractivity contribution is 9.10. The predicted octanol–water partition coefficient (Wildman–Crippen LogP) is 3.08. The fourth-order valence-electron chi connectivity index (χ4n) is 1.85. The van der Waals surface area contributed by atoms with Gasteiger partial charge in [-0.2, -0.15) is 0 Å². The number of halogens is 1. The van der Waals surface area contributed by atoms with E-state index in [1.54, 1.807) is 13.3 Å². The van der Waals surface area contributed by atoms with Crippen molar-refractivity contribution >= 4 is 33.3 Å². The molecular weight excluding hydrogens is 346 g/mol. The Labute approximate surface area is 138 Å². The number of nitrogens with one attached hydrogen (secondary N) is 2. The summed E-state index contributed by atoms with van der Waals surface area (Å²) in [4.78, 5) is 16.2. The molecule has 0 radical (unpaired) electrons. The van der Waals surface area contributed by atoms with Gasteiger partial charge in [0.25, 0.3) is 0 Å². The van der Waals surface area contributed by atoms with Gasteiger partial charge in [0.1, 0.15) is 5.82 Å². The lowest BCUT2D eigenvalue weighted by Gasteiger charge is -2.07. The van der Waals surface area contributed by atoms with E-state index in [2.05, 4.69) is 31.5 Å². The highest BCUT2D eigenvalue weighted by Gasteiger charge is 2.04. The first kappa shape index (κ1) is 16.5. The van der Waals surface area contributed by atoms with Gasteiger partial charge in [-0.3, -0.25) is 4.79 Å². The number of carbonyl (C=O) groups is 1. The molecule has 22 heavy (non-hydrogen) atoms. The Morgan fingerprint density at radius 2 is 2.00 bits per heavy atom. The number of hydrogen-bond acceptors (Lipinski definition) is 4. The molecule has 0 aliphatic heterocycles. The van der Waals surface area contributed by atoms with Crippen LogP contribution in [0.1, 0.15) is 5.56 Å². The second-order valence-corrected chi connectivity index (χ2v) is 5.62. The molecule has 1 aromatic carbocycles. The van der Waals surface area contributed by atoms with E-state index in [-0.39, 0.29) is 5.91 Å². The Hall–Kier alpha value is -1.92. The standard InChI is InChI=1S/C16H18BrN3O2/c1-22-9-8-18-15-7-6-14(11-19-15)20-16(21)10-12-2-4-13(17)5-3-12/h2-7,11H,8-10H2,1H3,(H,18,19)(H,20,21). The Morgan fingerprint density at radius 3 is 2.64 bits per heavy atom. The van der Waals surface area contributed by atoms with Crippen molar-refractivity contribution in [1.29, 1.82) is 0 Å². The predicted molar refractivity (Wildman–Crippen MR) is 91.1 cm³/mol. The number of hydrogen-bond donors (Lipinski definition) is 2. The van der Waals surface area contributed by atoms with Crippen LogP contribution in [0.3, 0.4) is 0 Å². The molecule has 0 spiro atoms. The zero-order valence-corrected chi connectivity index (χ0v) is 13.9. The zero-order chi connectivity index (χ0) is 15.8. The van der Waals surface area contributed by atoms with Gasteiger partial charge in [0.15, 0.2) is 0 Å². The monoisotopic (exact) mass is 363 g/mol. The van der Waals surface area contributed by atoms with Crippen LogP contribution in [0.15, 0.2) is 47.1 Å². The van der Waals surface area contributed by atoms with Crippen molar-refractivity contribution < 1.29 is 9.53 Å². The maximum absolute atomic E-state index is 12.0. The summed E-state index contributed by atoms with van der Waals surface area (Å²) in [6.45, 7) is 1.31. The van der Waals surface area contributed by atoms with Crippen LogP contribution in [0.25, 0.3) is 0 Å². The van der Waals surface area contributed by atoms with Crippen LogP contribution in [0.2, 0.25) is 0 Å². The van der Waals surface area contributed by atoms with Gasteiger partial charge in [-0.15, -0.1) is 0 Å². The minimum Gasteiger partial charge on any atom is -0.383 e. The van der Waals surface area contributed by atoms with Crippen LogP contribution in [-0.4, -0.2) is 31.2 Å². The van der Waals surface area contributed by atoms with Crippen molar-refractivity contribution in [1.82, 2.24) is 4.98 Å². The number of anilines is 2. The van der Waals surface area contributed by atoms with E-state index in [0.717, 1.165) is 15.9 Å². The van der Waals surface area contributed by atoms with E-state index < -0.39 is 0 Å². The maximum Gasteiger partial charge on any atom is 0.228 e. The number of rotatable bonds is 7. The molecule has 1 heterocycles. The van der Waals surface area contributed by atoms with E-state index in [9.17, 15) is 4.79 Å². The Bertz CT molecular complexity index is 600. The minimum atomic E-state index is -0.0655. The topological polar surface area (TPSA) is 63.2 Å². The summed E-state index contributed by atoms with van der Waals surface area (Å²) in [5.41, 5.74) is 1.64. The van der Waals surface area contributed by atoms with Crippen molar-refractivity contribution in [2.75, 3.05) is 30.9 Å². The molecule has 0 fully saturated rings. The third kappa shape index (κ3) is 5.46. The first-order chi connectivity index (χ1) is 10.7. The van der Waals surface area contributed by atoms with Crippen LogP contribution < -0.4 is 10.6 Å². The van der Waals surface area contributed by atoms with Gasteiger partial charge < -0.3 is 15.4 Å². The fraction of sp³-hybridized carbons (Fsp3) is 0.250. The normalized spacial score (nSPS) is 10.3. The van der Waals surface area contributed by atoms with E-state index in [1.165, 1.54) is 0 Å². The quantitative estimate of drug-likeness (QED) is 0.742. The van der Waals surface area contributed by atoms with Gasteiger partial charge in [-0.25, -0.2) is 4.98 Å². The van der Waals surface area contributed by atoms with Crippen LogP contribution in [-0.2, 0) is 16.0 Å². The molecule has 1 aromatic heterocycles. The largest absolute Gasteiger partial charge is 0.383 e. The number of nitrogens with zero attached hydrogens (tertiary/aromatic N) is 1. The summed E-state index contributed by atoms with van der Waals surface area (Å²) < 4.78 is 5.95. The number of ether oxygens (including phenoxy) is 1. The lowest BCUT2D eigenvalue weighted by atomic mass is 10.1. The van der Waals surface area contributed by atoms with Gasteiger partial charge in [0.05, 0.1) is 24.9 Å². The highest BCUT2D eigenvalue weighted by atomic mass is 79.9. The summed E-state index contributed by atoms with van der Waals surface area (Å²) >= 11 is 3.37. The molecular formula is C16H18BrN3O2. The number of aromatic nitrogens is 1. The van der Waals surface area contributed by atoms with Gasteiger partial charge in [-0.05, 0) is 29.8 Å². The molecule has 1 amide bonds. The highest BCUT2D eigenvalue weighted by Crippen LogP contribution is 2.13. The van der Waals surface area contributed by atoms with Crippen LogP contribution >= 0.6 is 15.9 Å². The molecule has 5 nitrogen and oxygen atoms in total. The minimum absolute atomic E-state index is 0.0655. The zero-order valence-electron chi connectivity index (χ0n) is 12.3. The van der Waals surface area contributed by atoms with Gasteiger partial charge in [0, 0.05) is 18.1 Å². The summed E-state index contributed by atoms with van der Waals surface area (Å²) in [5.74, 6) is 0.687. The molecule has 0 aliphatic rings. The number of benzene rings is 1. The Morgan fingerprint density at radius 1 is 1.23 bits per heavy atom. The van der Waals surface area contributed by atoms with E-state index in [4.69, 9.17) is 4.74 Å². The second kappa shape index (κ2) is 8.51. The van der Waals surface area contributed by atoms with Gasteiger partial charge in [-0.1, -0.05) is 28.1 Å². The molecule has 2 N–H and O–H groups in total. The summed E-state index contributed by atoms with van der Waals surface area (Å²) in [6, 6.07) is 11.3. The lowest BCUT2D eigenvalue weighted by molar-refractivity contribution is -0.115. The Kier molecular flexibility index (Phi) is 6.36. The van der Waals surface area contributed by atoms with Crippen LogP contribution in [0.4, 0.5) is 11.5 Å². The molecule has 0 aliphatic carbocycles. The van der Waals surface area contributed by atoms with Crippen molar-refractivity contribution in [3.05, 3.63) is 52.6 Å². The molecule has 116 valence electrons. The molecule has 2 rings (SSSR count). The summed E-state index contributed by atoms with van der Waals surface area (Å²) in [6.07, 6.45) is 1.97. The molecule has 2 aromatic rings. The average molecular weight is 364 g/mol. The molecule has 0 atom stereocenters. The molecule has 0 unspecified atom stereocenters. The van der Waals surface area contributed by atoms with E-state index in [1.807, 2.05) is 36.4 Å². The average Bonchev–Trinajstić information content (AvgIpc) is 2.51. The smallest absolute Gasteiger partial charge is 0.228 e. The van der Waals surface area contributed by atoms with Crippen LogP contribution in [0.5, 0.6) is 0 Å². The van der Waals surface area contributed by atoms with E-state index in [0.29, 0.717) is 25.3 Å². The van der Waals surface area contributed by atoms with E-state index >= 15 is 0 Å².